The summed E-state index contributed by atoms with van der Waals surface area (Å²) in [6.07, 6.45) is 7.43. The minimum atomic E-state index is -0.360. The number of carbonyl (C=O) groups is 1. The number of esters is 1. The molecule has 3 heteroatoms. The first-order chi connectivity index (χ1) is 14.2. The van der Waals surface area contributed by atoms with Gasteiger partial charge >= 0.3 is 5.97 Å². The lowest BCUT2D eigenvalue weighted by molar-refractivity contribution is 0.0737. The van der Waals surface area contributed by atoms with E-state index in [0.717, 1.165) is 28.5 Å². The van der Waals surface area contributed by atoms with Gasteiger partial charge in [0.15, 0.2) is 0 Å². The monoisotopic (exact) mass is 390 g/mol. The number of ether oxygens (including phenoxy) is 2. The lowest BCUT2D eigenvalue weighted by Gasteiger charge is -2.10. The van der Waals surface area contributed by atoms with Crippen LogP contribution in [-0.4, -0.2) is 12.6 Å². The average molecular weight is 391 g/mol. The quantitative estimate of drug-likeness (QED) is 0.210. The Morgan fingerprint density at radius 1 is 0.793 bits per heavy atom. The highest BCUT2D eigenvalue weighted by Gasteiger charge is 2.12. The SMILES string of the molecule is CCCCCCCCOc1ccc(C(=O)Oc2ccc(C)c3ccccc23)cc1. The molecule has 0 aliphatic heterocycles. The first-order valence-electron chi connectivity index (χ1n) is 10.6. The van der Waals surface area contributed by atoms with Gasteiger partial charge in [-0.15, -0.1) is 0 Å². The number of fused-ring (bicyclic) bond motifs is 1. The molecule has 0 aliphatic carbocycles. The number of carbonyl (C=O) groups excluding carboxylic acids is 1. The van der Waals surface area contributed by atoms with Crippen LogP contribution in [0.25, 0.3) is 10.8 Å². The number of rotatable bonds is 10. The second-order valence-electron chi connectivity index (χ2n) is 7.46. The number of benzene rings is 3. The van der Waals surface area contributed by atoms with E-state index < -0.39 is 0 Å². The van der Waals surface area contributed by atoms with E-state index in [4.69, 9.17) is 9.47 Å². The van der Waals surface area contributed by atoms with E-state index in [9.17, 15) is 4.79 Å². The molecule has 0 saturated carbocycles. The first kappa shape index (κ1) is 20.9. The zero-order valence-corrected chi connectivity index (χ0v) is 17.4. The van der Waals surface area contributed by atoms with E-state index in [1.54, 1.807) is 12.1 Å². The molecule has 29 heavy (non-hydrogen) atoms. The number of hydrogen-bond donors (Lipinski definition) is 0. The van der Waals surface area contributed by atoms with Gasteiger partial charge in [-0.1, -0.05) is 69.4 Å². The summed E-state index contributed by atoms with van der Waals surface area (Å²) in [6, 6.07) is 19.0. The van der Waals surface area contributed by atoms with Crippen molar-refractivity contribution in [1.82, 2.24) is 0 Å². The summed E-state index contributed by atoms with van der Waals surface area (Å²) in [7, 11) is 0. The van der Waals surface area contributed by atoms with Gasteiger partial charge in [0.05, 0.1) is 12.2 Å². The van der Waals surface area contributed by atoms with Gasteiger partial charge in [-0.25, -0.2) is 4.79 Å². The summed E-state index contributed by atoms with van der Waals surface area (Å²) in [6.45, 7) is 4.99. The summed E-state index contributed by atoms with van der Waals surface area (Å²) < 4.78 is 11.5. The fourth-order valence-electron chi connectivity index (χ4n) is 3.43. The minimum absolute atomic E-state index is 0.360. The van der Waals surface area contributed by atoms with Crippen LogP contribution in [0.3, 0.4) is 0 Å². The molecule has 0 aliphatic rings. The molecule has 0 aromatic heterocycles. The third-order valence-corrected chi connectivity index (χ3v) is 5.16. The molecular formula is C26H30O3. The summed E-state index contributed by atoms with van der Waals surface area (Å²) >= 11 is 0. The highest BCUT2D eigenvalue weighted by atomic mass is 16.5. The van der Waals surface area contributed by atoms with Gasteiger partial charge < -0.3 is 9.47 Å². The second kappa shape index (κ2) is 10.7. The molecule has 0 fully saturated rings. The molecule has 152 valence electrons. The van der Waals surface area contributed by atoms with Crippen LogP contribution in [0.2, 0.25) is 0 Å². The average Bonchev–Trinajstić information content (AvgIpc) is 2.75. The van der Waals surface area contributed by atoms with E-state index in [0.29, 0.717) is 17.9 Å². The van der Waals surface area contributed by atoms with Crippen molar-refractivity contribution in [1.29, 1.82) is 0 Å². The van der Waals surface area contributed by atoms with Crippen LogP contribution < -0.4 is 9.47 Å². The van der Waals surface area contributed by atoms with Crippen molar-refractivity contribution in [3.05, 3.63) is 71.8 Å². The van der Waals surface area contributed by atoms with Gasteiger partial charge in [0.25, 0.3) is 0 Å². The van der Waals surface area contributed by atoms with E-state index in [1.807, 2.05) is 48.5 Å². The molecule has 0 bridgehead atoms. The van der Waals surface area contributed by atoms with E-state index in [-0.39, 0.29) is 5.97 Å². The van der Waals surface area contributed by atoms with Crippen LogP contribution in [0.1, 0.15) is 61.4 Å². The molecule has 3 rings (SSSR count). The Bertz CT molecular complexity index is 928. The third-order valence-electron chi connectivity index (χ3n) is 5.16. The number of unbranched alkanes of at least 4 members (excludes halogenated alkanes) is 5. The lowest BCUT2D eigenvalue weighted by atomic mass is 10.0. The van der Waals surface area contributed by atoms with Crippen molar-refractivity contribution in [2.45, 2.75) is 52.4 Å². The summed E-state index contributed by atoms with van der Waals surface area (Å²) in [5.74, 6) is 1.01. The number of hydrogen-bond acceptors (Lipinski definition) is 3. The van der Waals surface area contributed by atoms with Crippen molar-refractivity contribution in [3.63, 3.8) is 0 Å². The highest BCUT2D eigenvalue weighted by molar-refractivity contribution is 5.96. The van der Waals surface area contributed by atoms with Crippen molar-refractivity contribution in [3.8, 4) is 11.5 Å². The molecular weight excluding hydrogens is 360 g/mol. The second-order valence-corrected chi connectivity index (χ2v) is 7.46. The van der Waals surface area contributed by atoms with Gasteiger partial charge in [0.1, 0.15) is 11.5 Å². The largest absolute Gasteiger partial charge is 0.494 e. The fraction of sp³-hybridized carbons (Fsp3) is 0.346. The zero-order chi connectivity index (χ0) is 20.5. The lowest BCUT2D eigenvalue weighted by Crippen LogP contribution is -2.09. The fourth-order valence-corrected chi connectivity index (χ4v) is 3.43. The van der Waals surface area contributed by atoms with Crippen LogP contribution in [0.15, 0.2) is 60.7 Å². The van der Waals surface area contributed by atoms with Crippen LogP contribution in [0, 0.1) is 6.92 Å². The van der Waals surface area contributed by atoms with E-state index >= 15 is 0 Å². The zero-order valence-electron chi connectivity index (χ0n) is 17.4. The molecule has 0 amide bonds. The first-order valence-corrected chi connectivity index (χ1v) is 10.6. The topological polar surface area (TPSA) is 35.5 Å². The van der Waals surface area contributed by atoms with Crippen molar-refractivity contribution < 1.29 is 14.3 Å². The van der Waals surface area contributed by atoms with Gasteiger partial charge in [-0.3, -0.25) is 0 Å². The molecule has 0 saturated heterocycles. The Labute approximate surface area is 173 Å². The van der Waals surface area contributed by atoms with Crippen LogP contribution >= 0.6 is 0 Å². The van der Waals surface area contributed by atoms with Crippen molar-refractivity contribution >= 4 is 16.7 Å². The predicted molar refractivity (Wildman–Crippen MR) is 119 cm³/mol. The third kappa shape index (κ3) is 5.83. The Kier molecular flexibility index (Phi) is 7.69. The Balaban J connectivity index is 1.54. The van der Waals surface area contributed by atoms with Crippen molar-refractivity contribution in [2.24, 2.45) is 0 Å². The van der Waals surface area contributed by atoms with Gasteiger partial charge in [0, 0.05) is 5.39 Å². The Morgan fingerprint density at radius 3 is 2.24 bits per heavy atom. The Hall–Kier alpha value is -2.81. The summed E-state index contributed by atoms with van der Waals surface area (Å²) in [5.41, 5.74) is 1.67. The smallest absolute Gasteiger partial charge is 0.343 e. The molecule has 3 aromatic carbocycles. The molecule has 0 N–H and O–H groups in total. The summed E-state index contributed by atoms with van der Waals surface area (Å²) in [4.78, 5) is 12.6. The molecule has 3 nitrogen and oxygen atoms in total. The molecule has 0 spiro atoms. The van der Waals surface area contributed by atoms with Gasteiger partial charge in [0.2, 0.25) is 0 Å². The van der Waals surface area contributed by atoms with Crippen LogP contribution in [-0.2, 0) is 0 Å². The maximum atomic E-state index is 12.6. The molecule has 0 atom stereocenters. The predicted octanol–water partition coefficient (Wildman–Crippen LogP) is 7.11. The van der Waals surface area contributed by atoms with Crippen LogP contribution in [0.4, 0.5) is 0 Å². The van der Waals surface area contributed by atoms with Crippen molar-refractivity contribution in [2.75, 3.05) is 6.61 Å². The van der Waals surface area contributed by atoms with Gasteiger partial charge in [-0.05, 0) is 54.6 Å². The van der Waals surface area contributed by atoms with Gasteiger partial charge in [-0.2, -0.15) is 0 Å². The van der Waals surface area contributed by atoms with E-state index in [1.165, 1.54) is 32.1 Å². The molecule has 0 heterocycles. The maximum absolute atomic E-state index is 12.6. The van der Waals surface area contributed by atoms with E-state index in [2.05, 4.69) is 13.8 Å². The normalized spacial score (nSPS) is 10.8. The molecule has 3 aromatic rings. The summed E-state index contributed by atoms with van der Waals surface area (Å²) in [5, 5.41) is 2.04. The van der Waals surface area contributed by atoms with Crippen LogP contribution in [0.5, 0.6) is 11.5 Å². The maximum Gasteiger partial charge on any atom is 0.343 e. The number of aryl methyl sites for hydroxylation is 1. The standard InChI is InChI=1S/C26H30O3/c1-3-4-5-6-7-10-19-28-22-16-14-21(15-17-22)26(27)29-25-18-13-20(2)23-11-8-9-12-24(23)25/h8-9,11-18H,3-7,10,19H2,1-2H3. The Morgan fingerprint density at radius 2 is 1.48 bits per heavy atom. The molecule has 0 unspecified atom stereocenters. The minimum Gasteiger partial charge on any atom is -0.494 e. The molecule has 0 radical (unpaired) electrons. The highest BCUT2D eigenvalue weighted by Crippen LogP contribution is 2.29.